The van der Waals surface area contributed by atoms with Crippen molar-refractivity contribution in [2.45, 2.75) is 18.7 Å². The molecule has 0 atom stereocenters. The van der Waals surface area contributed by atoms with Crippen molar-refractivity contribution >= 4 is 39.1 Å². The van der Waals surface area contributed by atoms with Crippen LogP contribution in [0.2, 0.25) is 0 Å². The summed E-state index contributed by atoms with van der Waals surface area (Å²) in [5.41, 5.74) is 3.01. The summed E-state index contributed by atoms with van der Waals surface area (Å²) >= 11 is 1.52. The molecule has 1 N–H and O–H groups in total. The smallest absolute Gasteiger partial charge is 0.245 e. The largest absolute Gasteiger partial charge is 0.323 e. The lowest BCUT2D eigenvalue weighted by Gasteiger charge is -2.24. The summed E-state index contributed by atoms with van der Waals surface area (Å²) in [5, 5.41) is 2.80. The molecule has 0 aliphatic heterocycles. The predicted molar refractivity (Wildman–Crippen MR) is 105 cm³/mol. The van der Waals surface area contributed by atoms with Crippen molar-refractivity contribution in [1.29, 1.82) is 0 Å². The van der Waals surface area contributed by atoms with E-state index >= 15 is 0 Å². The van der Waals surface area contributed by atoms with Gasteiger partial charge in [0.25, 0.3) is 0 Å². The summed E-state index contributed by atoms with van der Waals surface area (Å²) in [6.07, 6.45) is 3.03. The Bertz CT molecular complexity index is 880. The summed E-state index contributed by atoms with van der Waals surface area (Å²) in [4.78, 5) is 13.4. The van der Waals surface area contributed by atoms with Gasteiger partial charge in [0.05, 0.1) is 17.6 Å². The predicted octanol–water partition coefficient (Wildman–Crippen LogP) is 3.43. The fourth-order valence-corrected chi connectivity index (χ4v) is 3.92. The second kappa shape index (κ2) is 7.93. The van der Waals surface area contributed by atoms with Gasteiger partial charge in [-0.15, -0.1) is 11.8 Å². The minimum absolute atomic E-state index is 0.272. The maximum atomic E-state index is 12.5. The van der Waals surface area contributed by atoms with Crippen molar-refractivity contribution in [3.05, 3.63) is 53.6 Å². The van der Waals surface area contributed by atoms with Gasteiger partial charge in [-0.3, -0.25) is 9.10 Å². The van der Waals surface area contributed by atoms with Crippen LogP contribution in [-0.4, -0.2) is 33.4 Å². The number of benzene rings is 2. The molecule has 134 valence electrons. The fourth-order valence-electron chi connectivity index (χ4n) is 2.45. The molecule has 7 heteroatoms. The molecule has 0 aromatic heterocycles. The molecule has 0 radical (unpaired) electrons. The quantitative estimate of drug-likeness (QED) is 0.782. The van der Waals surface area contributed by atoms with Crippen LogP contribution in [0.4, 0.5) is 11.4 Å². The summed E-state index contributed by atoms with van der Waals surface area (Å²) in [7, 11) is -3.59. The number of carbonyl (C=O) groups is 1. The van der Waals surface area contributed by atoms with Gasteiger partial charge in [0, 0.05) is 4.90 Å². The van der Waals surface area contributed by atoms with Crippen LogP contribution in [0.1, 0.15) is 11.1 Å². The molecule has 0 unspecified atom stereocenters. The van der Waals surface area contributed by atoms with Crippen molar-refractivity contribution in [1.82, 2.24) is 0 Å². The molecular weight excluding hydrogens is 356 g/mol. The van der Waals surface area contributed by atoms with Gasteiger partial charge in [0.2, 0.25) is 15.9 Å². The fraction of sp³-hybridized carbons (Fsp3) is 0.278. The van der Waals surface area contributed by atoms with Crippen molar-refractivity contribution in [2.24, 2.45) is 0 Å². The standard InChI is InChI=1S/C18H22N2O3S2/c1-13-8-7-10-16(14(13)2)20(25(4,22)23)12-18(21)19-15-9-5-6-11-17(15)24-3/h5-11H,12H2,1-4H3,(H,19,21). The lowest BCUT2D eigenvalue weighted by Crippen LogP contribution is -2.38. The Morgan fingerprint density at radius 3 is 2.44 bits per heavy atom. The number of hydrogen-bond donors (Lipinski definition) is 1. The highest BCUT2D eigenvalue weighted by Crippen LogP contribution is 2.26. The number of amides is 1. The number of nitrogens with one attached hydrogen (secondary N) is 1. The van der Waals surface area contributed by atoms with Crippen molar-refractivity contribution in [2.75, 3.05) is 28.7 Å². The van der Waals surface area contributed by atoms with Gasteiger partial charge in [-0.05, 0) is 49.4 Å². The zero-order valence-electron chi connectivity index (χ0n) is 14.7. The molecule has 0 saturated heterocycles. The molecule has 2 rings (SSSR count). The Kier molecular flexibility index (Phi) is 6.13. The lowest BCUT2D eigenvalue weighted by molar-refractivity contribution is -0.114. The third kappa shape index (κ3) is 4.76. The highest BCUT2D eigenvalue weighted by Gasteiger charge is 2.23. The van der Waals surface area contributed by atoms with E-state index in [4.69, 9.17) is 0 Å². The van der Waals surface area contributed by atoms with E-state index in [1.165, 1.54) is 11.8 Å². The Morgan fingerprint density at radius 2 is 1.80 bits per heavy atom. The van der Waals surface area contributed by atoms with E-state index in [1.807, 2.05) is 44.4 Å². The molecule has 0 fully saturated rings. The lowest BCUT2D eigenvalue weighted by atomic mass is 10.1. The number of anilines is 2. The highest BCUT2D eigenvalue weighted by molar-refractivity contribution is 7.98. The minimum Gasteiger partial charge on any atom is -0.323 e. The van der Waals surface area contributed by atoms with Crippen LogP contribution in [0, 0.1) is 13.8 Å². The Hall–Kier alpha value is -1.99. The second-order valence-electron chi connectivity index (χ2n) is 5.74. The van der Waals surface area contributed by atoms with Gasteiger partial charge in [-0.1, -0.05) is 24.3 Å². The maximum Gasteiger partial charge on any atom is 0.245 e. The number of nitrogens with zero attached hydrogens (tertiary/aromatic N) is 1. The van der Waals surface area contributed by atoms with Gasteiger partial charge in [-0.2, -0.15) is 0 Å². The highest BCUT2D eigenvalue weighted by atomic mass is 32.2. The molecule has 25 heavy (non-hydrogen) atoms. The first kappa shape index (κ1) is 19.3. The number of hydrogen-bond acceptors (Lipinski definition) is 4. The van der Waals surface area contributed by atoms with Gasteiger partial charge >= 0.3 is 0 Å². The van der Waals surface area contributed by atoms with E-state index < -0.39 is 10.0 Å². The third-order valence-electron chi connectivity index (χ3n) is 3.91. The van der Waals surface area contributed by atoms with E-state index in [0.717, 1.165) is 26.6 Å². The number of carbonyl (C=O) groups excluding carboxylic acids is 1. The molecular formula is C18H22N2O3S2. The summed E-state index contributed by atoms with van der Waals surface area (Å²) in [5.74, 6) is -0.382. The summed E-state index contributed by atoms with van der Waals surface area (Å²) in [6, 6.07) is 12.8. The van der Waals surface area contributed by atoms with Crippen LogP contribution in [0.5, 0.6) is 0 Å². The first-order valence-corrected chi connectivity index (χ1v) is 10.8. The summed E-state index contributed by atoms with van der Waals surface area (Å²) < 4.78 is 25.6. The second-order valence-corrected chi connectivity index (χ2v) is 8.49. The van der Waals surface area contributed by atoms with E-state index in [0.29, 0.717) is 11.4 Å². The number of sulfonamides is 1. The van der Waals surface area contributed by atoms with Crippen LogP contribution in [0.25, 0.3) is 0 Å². The van der Waals surface area contributed by atoms with E-state index in [9.17, 15) is 13.2 Å². The van der Waals surface area contributed by atoms with E-state index in [2.05, 4.69) is 5.32 Å². The maximum absolute atomic E-state index is 12.5. The average Bonchev–Trinajstić information content (AvgIpc) is 2.55. The Balaban J connectivity index is 2.29. The molecule has 0 bridgehead atoms. The van der Waals surface area contributed by atoms with Crippen LogP contribution in [0.3, 0.4) is 0 Å². The molecule has 1 amide bonds. The molecule has 2 aromatic rings. The van der Waals surface area contributed by atoms with Crippen LogP contribution in [0.15, 0.2) is 47.4 Å². The molecule has 0 saturated carbocycles. The van der Waals surface area contributed by atoms with Crippen LogP contribution < -0.4 is 9.62 Å². The average molecular weight is 379 g/mol. The summed E-state index contributed by atoms with van der Waals surface area (Å²) in [6.45, 7) is 3.49. The number of aryl methyl sites for hydroxylation is 1. The normalized spacial score (nSPS) is 11.2. The SMILES string of the molecule is CSc1ccccc1NC(=O)CN(c1cccc(C)c1C)S(C)(=O)=O. The zero-order valence-corrected chi connectivity index (χ0v) is 16.4. The van der Waals surface area contributed by atoms with Gasteiger partial charge in [0.1, 0.15) is 6.54 Å². The van der Waals surface area contributed by atoms with E-state index in [1.54, 1.807) is 18.2 Å². The van der Waals surface area contributed by atoms with Crippen LogP contribution in [-0.2, 0) is 14.8 Å². The molecule has 0 aliphatic rings. The van der Waals surface area contributed by atoms with Crippen LogP contribution >= 0.6 is 11.8 Å². The molecule has 0 aliphatic carbocycles. The van der Waals surface area contributed by atoms with Gasteiger partial charge < -0.3 is 5.32 Å². The van der Waals surface area contributed by atoms with Gasteiger partial charge in [0.15, 0.2) is 0 Å². The molecule has 5 nitrogen and oxygen atoms in total. The minimum atomic E-state index is -3.59. The molecule has 0 spiro atoms. The topological polar surface area (TPSA) is 66.5 Å². The number of para-hydroxylation sites is 1. The van der Waals surface area contributed by atoms with Crippen molar-refractivity contribution in [3.63, 3.8) is 0 Å². The molecule has 0 heterocycles. The first-order valence-electron chi connectivity index (χ1n) is 7.71. The third-order valence-corrected chi connectivity index (χ3v) is 5.84. The number of rotatable bonds is 6. The molecule has 2 aromatic carbocycles. The van der Waals surface area contributed by atoms with E-state index in [-0.39, 0.29) is 12.5 Å². The monoisotopic (exact) mass is 378 g/mol. The Morgan fingerprint density at radius 1 is 1.12 bits per heavy atom. The Labute approximate surface area is 153 Å². The van der Waals surface area contributed by atoms with Crippen molar-refractivity contribution in [3.8, 4) is 0 Å². The number of thioether (sulfide) groups is 1. The van der Waals surface area contributed by atoms with Gasteiger partial charge in [-0.25, -0.2) is 8.42 Å². The van der Waals surface area contributed by atoms with Crippen molar-refractivity contribution < 1.29 is 13.2 Å². The first-order chi connectivity index (χ1) is 11.7. The zero-order chi connectivity index (χ0) is 18.6.